The molecule has 2 amide bonds. The van der Waals surface area contributed by atoms with Crippen LogP contribution in [-0.4, -0.2) is 100 Å². The second-order valence-corrected chi connectivity index (χ2v) is 20.8. The number of primary amides is 1. The van der Waals surface area contributed by atoms with Gasteiger partial charge in [-0.25, -0.2) is 14.8 Å². The van der Waals surface area contributed by atoms with Gasteiger partial charge in [0.25, 0.3) is 40.5 Å². The molecule has 7 rings (SSSR count). The fraction of sp³-hybridized carbons (Fsp3) is 0.0541. The van der Waals surface area contributed by atoms with Crippen LogP contribution in [-0.2, 0) is 63.9 Å². The summed E-state index contributed by atoms with van der Waals surface area (Å²) in [4.78, 5) is 34.5. The van der Waals surface area contributed by atoms with E-state index in [-0.39, 0.29) is 85.4 Å². The number of nitrogens with one attached hydrogen (secondary N) is 3. The lowest BCUT2D eigenvalue weighted by atomic mass is 10.1. The van der Waals surface area contributed by atoms with Gasteiger partial charge in [0.2, 0.25) is 22.5 Å². The first-order chi connectivity index (χ1) is 33.5. The van der Waals surface area contributed by atoms with E-state index in [1.54, 1.807) is 0 Å². The number of hydrogen-bond acceptors (Lipinski definition) is 22. The highest BCUT2D eigenvalue weighted by atomic mass is 35.5. The molecule has 0 radical (unpaired) electrons. The number of fused-ring (bicyclic) bond motifs is 1. The molecule has 0 saturated heterocycles. The molecule has 2 aromatic heterocycles. The van der Waals surface area contributed by atoms with Crippen molar-refractivity contribution in [2.24, 2.45) is 16.0 Å². The van der Waals surface area contributed by atoms with Crippen molar-refractivity contribution in [2.75, 3.05) is 16.0 Å². The third kappa shape index (κ3) is 14.6. The molecule has 5 aromatic carbocycles. The normalized spacial score (nSPS) is 12.0. The van der Waals surface area contributed by atoms with E-state index in [2.05, 4.69) is 56.1 Å². The Morgan fingerprint density at radius 1 is 0.569 bits per heavy atom. The fourth-order valence-electron chi connectivity index (χ4n) is 6.31. The van der Waals surface area contributed by atoms with Gasteiger partial charge >= 0.3 is 16.6 Å². The van der Waals surface area contributed by atoms with Crippen LogP contribution in [0.3, 0.4) is 0 Å². The number of amides is 2. The summed E-state index contributed by atoms with van der Waals surface area (Å²) in [6, 6.07) is 17.4. The zero-order valence-corrected chi connectivity index (χ0v) is 40.8. The standard InChI is InChI=1S/C37H28Cl2N12O13S4.O3S/c38-33-45-32(14-19-7-10-29(67(59,60)61)26(12-19)43-37-47-31(44-34(39)49-37)13-18-3-1-5-22(11-18)65(53,54)55)46-36(48-33)41-21-8-9-24(25(16-21)42-35(40)52)50-51-27-17-23-20(15-30(27)68(62,63)64)4-2-6-28(23)66(56,57)58;1-4(2)3/h1-12,15-17H,13-14H2,(H3,40,42,52)(H,53,54,55)(H,56,57,58)(H,59,60,61)(H,62,63,64)(H,41,45,46,48)(H,43,44,47,49);. The molecular formula is C37H28Cl2N12O16S5. The van der Waals surface area contributed by atoms with Gasteiger partial charge < -0.3 is 21.7 Å². The van der Waals surface area contributed by atoms with Gasteiger partial charge in [0.15, 0.2) is 0 Å². The van der Waals surface area contributed by atoms with Crippen LogP contribution in [0.4, 0.5) is 45.1 Å². The van der Waals surface area contributed by atoms with Crippen LogP contribution >= 0.6 is 23.2 Å². The first kappa shape index (κ1) is 54.0. The van der Waals surface area contributed by atoms with Crippen molar-refractivity contribution < 1.29 is 69.3 Å². The molecule has 376 valence electrons. The number of urea groups is 1. The summed E-state index contributed by atoms with van der Waals surface area (Å²) in [6.45, 7) is 0. The zero-order valence-electron chi connectivity index (χ0n) is 35.2. The van der Waals surface area contributed by atoms with Crippen molar-refractivity contribution in [3.05, 3.63) is 124 Å². The molecule has 28 nitrogen and oxygen atoms in total. The van der Waals surface area contributed by atoms with Gasteiger partial charge in [-0.2, -0.15) is 53.6 Å². The molecular weight excluding hydrogens is 1100 g/mol. The van der Waals surface area contributed by atoms with E-state index in [4.69, 9.17) is 41.6 Å². The van der Waals surface area contributed by atoms with Gasteiger partial charge in [-0.1, -0.05) is 30.3 Å². The van der Waals surface area contributed by atoms with Crippen LogP contribution < -0.4 is 21.7 Å². The molecule has 2 heterocycles. The molecule has 0 unspecified atom stereocenters. The predicted octanol–water partition coefficient (Wildman–Crippen LogP) is 5.07. The Bertz CT molecular complexity index is 3950. The largest absolute Gasteiger partial charge is 0.425 e. The number of azo groups is 1. The summed E-state index contributed by atoms with van der Waals surface area (Å²) >= 11 is 12.4. The smallest absolute Gasteiger partial charge is 0.351 e. The highest BCUT2D eigenvalue weighted by Gasteiger charge is 2.23. The molecule has 0 bridgehead atoms. The Balaban J connectivity index is 0.00000204. The van der Waals surface area contributed by atoms with Crippen LogP contribution in [0.5, 0.6) is 0 Å². The molecule has 0 aliphatic carbocycles. The Morgan fingerprint density at radius 2 is 1.12 bits per heavy atom. The number of rotatable bonds is 15. The number of benzene rings is 5. The third-order valence-corrected chi connectivity index (χ3v) is 12.9. The Hall–Kier alpha value is -7.31. The number of aromatic nitrogens is 6. The minimum Gasteiger partial charge on any atom is -0.351 e. The number of nitrogens with two attached hydrogens (primary N) is 1. The second-order valence-electron chi connectivity index (χ2n) is 14.1. The lowest BCUT2D eigenvalue weighted by Gasteiger charge is -2.13. The minimum absolute atomic E-state index is 0.00963. The molecule has 0 spiro atoms. The molecule has 7 aromatic rings. The maximum Gasteiger partial charge on any atom is 0.425 e. The maximum atomic E-state index is 12.4. The van der Waals surface area contributed by atoms with E-state index in [1.165, 1.54) is 66.7 Å². The van der Waals surface area contributed by atoms with Gasteiger partial charge in [0.05, 0.1) is 16.3 Å². The average Bonchev–Trinajstić information content (AvgIpc) is 3.23. The Kier molecular flexibility index (Phi) is 16.2. The molecule has 0 saturated carbocycles. The Morgan fingerprint density at radius 3 is 1.69 bits per heavy atom. The van der Waals surface area contributed by atoms with Crippen molar-refractivity contribution in [1.82, 2.24) is 29.9 Å². The summed E-state index contributed by atoms with van der Waals surface area (Å²) in [5.41, 5.74) is 5.24. The van der Waals surface area contributed by atoms with Crippen LogP contribution in [0.25, 0.3) is 10.8 Å². The molecule has 0 atom stereocenters. The van der Waals surface area contributed by atoms with Crippen LogP contribution in [0.2, 0.25) is 10.6 Å². The van der Waals surface area contributed by atoms with E-state index in [0.29, 0.717) is 11.1 Å². The summed E-state index contributed by atoms with van der Waals surface area (Å²) in [5.74, 6) is -0.384. The predicted molar refractivity (Wildman–Crippen MR) is 251 cm³/mol. The van der Waals surface area contributed by atoms with Crippen LogP contribution in [0, 0.1) is 0 Å². The quantitative estimate of drug-likeness (QED) is 0.0490. The van der Waals surface area contributed by atoms with Crippen LogP contribution in [0.1, 0.15) is 22.8 Å². The number of carbonyl (C=O) groups is 1. The molecule has 9 N–H and O–H groups in total. The summed E-state index contributed by atoms with van der Waals surface area (Å²) < 4.78 is 161. The summed E-state index contributed by atoms with van der Waals surface area (Å²) in [6.07, 6.45) is -0.234. The molecule has 35 heteroatoms. The minimum atomic E-state index is -4.98. The van der Waals surface area contributed by atoms with E-state index < -0.39 is 77.5 Å². The first-order valence-electron chi connectivity index (χ1n) is 18.9. The molecule has 0 aliphatic rings. The van der Waals surface area contributed by atoms with Crippen molar-refractivity contribution in [3.63, 3.8) is 0 Å². The van der Waals surface area contributed by atoms with Crippen molar-refractivity contribution in [2.45, 2.75) is 32.4 Å². The maximum absolute atomic E-state index is 12.4. The number of anilines is 5. The van der Waals surface area contributed by atoms with Gasteiger partial charge in [-0.3, -0.25) is 18.2 Å². The summed E-state index contributed by atoms with van der Waals surface area (Å²) in [5, 5.41) is 15.0. The lowest BCUT2D eigenvalue weighted by Crippen LogP contribution is -2.19. The second kappa shape index (κ2) is 21.6. The van der Waals surface area contributed by atoms with E-state index >= 15 is 0 Å². The topological polar surface area (TPSA) is 450 Å². The number of carbonyl (C=O) groups excluding carboxylic acids is 1. The highest BCUT2D eigenvalue weighted by Crippen LogP contribution is 2.37. The van der Waals surface area contributed by atoms with Crippen molar-refractivity contribution in [1.29, 1.82) is 0 Å². The summed E-state index contributed by atoms with van der Waals surface area (Å²) in [7, 11) is -22.3. The molecule has 0 fully saturated rings. The van der Waals surface area contributed by atoms with Gasteiger partial charge in [0, 0.05) is 23.9 Å². The van der Waals surface area contributed by atoms with E-state index in [0.717, 1.165) is 24.3 Å². The van der Waals surface area contributed by atoms with E-state index in [9.17, 15) is 56.7 Å². The van der Waals surface area contributed by atoms with Gasteiger partial charge in [0.1, 0.15) is 37.7 Å². The number of hydrogen-bond donors (Lipinski definition) is 8. The lowest BCUT2D eigenvalue weighted by molar-refractivity contribution is 0.259. The molecule has 0 aliphatic heterocycles. The third-order valence-electron chi connectivity index (χ3n) is 9.05. The number of nitrogens with zero attached hydrogens (tertiary/aromatic N) is 8. The first-order valence-corrected chi connectivity index (χ1v) is 26.5. The number of halogens is 2. The van der Waals surface area contributed by atoms with Crippen molar-refractivity contribution >= 4 is 131 Å². The molecule has 72 heavy (non-hydrogen) atoms. The van der Waals surface area contributed by atoms with Crippen molar-refractivity contribution in [3.8, 4) is 0 Å². The van der Waals surface area contributed by atoms with Crippen LogP contribution in [0.15, 0.2) is 121 Å². The SMILES string of the molecule is NC(=O)Nc1cc(Nc2nc(Cl)nc(Cc3ccc(S(=O)(=O)O)c(Nc4nc(Cl)nc(Cc5cccc(S(=O)(=O)O)c5)n4)c3)n2)ccc1N=Nc1cc2c(S(=O)(=O)O)cccc2cc1S(=O)(=O)O.O=S(=O)=O. The Labute approximate surface area is 416 Å². The van der Waals surface area contributed by atoms with Gasteiger partial charge in [-0.15, -0.1) is 22.9 Å². The zero-order chi connectivity index (χ0) is 52.9. The van der Waals surface area contributed by atoms with E-state index in [1.807, 2.05) is 0 Å². The monoisotopic (exact) mass is 1130 g/mol. The van der Waals surface area contributed by atoms with Gasteiger partial charge in [-0.05, 0) is 100 Å². The fourth-order valence-corrected chi connectivity index (χ4v) is 9.19. The highest BCUT2D eigenvalue weighted by molar-refractivity contribution is 7.86. The average molecular weight is 1130 g/mol.